The number of imidazole rings is 1. The number of nitrogens with zero attached hydrogens (tertiary/aromatic N) is 3. The molecule has 3 rings (SSSR count). The number of rotatable bonds is 4. The van der Waals surface area contributed by atoms with E-state index in [1.807, 2.05) is 33.7 Å². The van der Waals surface area contributed by atoms with Gasteiger partial charge in [-0.3, -0.25) is 4.79 Å². The number of carbonyl (C=O) groups is 1. The number of likely N-dealkylation sites (tertiary alicyclic amines) is 1. The maximum Gasteiger partial charge on any atom is 0.242 e. The lowest BCUT2D eigenvalue weighted by molar-refractivity contribution is -0.130. The molecule has 4 nitrogen and oxygen atoms in total. The predicted molar refractivity (Wildman–Crippen MR) is 80.0 cm³/mol. The number of hydrogen-bond donors (Lipinski definition) is 0. The summed E-state index contributed by atoms with van der Waals surface area (Å²) in [7, 11) is 0. The van der Waals surface area contributed by atoms with Gasteiger partial charge in [0.1, 0.15) is 12.4 Å². The van der Waals surface area contributed by atoms with Crippen LogP contribution in [-0.4, -0.2) is 39.3 Å². The highest BCUT2D eigenvalue weighted by molar-refractivity contribution is 6.17. The molecule has 1 fully saturated rings. The van der Waals surface area contributed by atoms with Crippen molar-refractivity contribution in [1.82, 2.24) is 14.5 Å². The molecule has 0 aliphatic carbocycles. The van der Waals surface area contributed by atoms with Crippen molar-refractivity contribution in [3.05, 3.63) is 30.1 Å². The number of fused-ring (bicyclic) bond motifs is 1. The van der Waals surface area contributed by atoms with Gasteiger partial charge in [0, 0.05) is 25.4 Å². The quantitative estimate of drug-likeness (QED) is 0.812. The van der Waals surface area contributed by atoms with Gasteiger partial charge in [-0.2, -0.15) is 0 Å². The summed E-state index contributed by atoms with van der Waals surface area (Å²) in [6.45, 7) is 2.14. The second kappa shape index (κ2) is 5.83. The molecule has 1 amide bonds. The van der Waals surface area contributed by atoms with Crippen LogP contribution >= 0.6 is 11.6 Å². The van der Waals surface area contributed by atoms with Crippen molar-refractivity contribution in [3.63, 3.8) is 0 Å². The summed E-state index contributed by atoms with van der Waals surface area (Å²) in [4.78, 5) is 18.9. The van der Waals surface area contributed by atoms with E-state index in [-0.39, 0.29) is 5.91 Å². The Labute approximate surface area is 123 Å². The summed E-state index contributed by atoms with van der Waals surface area (Å²) in [5, 5.41) is 0. The first kappa shape index (κ1) is 13.4. The molecule has 106 valence electrons. The van der Waals surface area contributed by atoms with Gasteiger partial charge in [-0.05, 0) is 25.0 Å². The normalized spacial score (nSPS) is 15.2. The summed E-state index contributed by atoms with van der Waals surface area (Å²) in [6, 6.07) is 7.93. The first-order valence-corrected chi connectivity index (χ1v) is 7.61. The zero-order valence-electron chi connectivity index (χ0n) is 11.4. The molecule has 0 radical (unpaired) electrons. The second-order valence-electron chi connectivity index (χ2n) is 5.13. The molecular weight excluding hydrogens is 274 g/mol. The summed E-state index contributed by atoms with van der Waals surface area (Å²) in [6.07, 6.45) is 2.92. The molecule has 0 unspecified atom stereocenters. The first-order valence-electron chi connectivity index (χ1n) is 7.07. The van der Waals surface area contributed by atoms with Crippen LogP contribution in [0.15, 0.2) is 24.3 Å². The molecule has 1 aliphatic heterocycles. The number of benzene rings is 1. The first-order chi connectivity index (χ1) is 9.79. The van der Waals surface area contributed by atoms with E-state index in [1.165, 1.54) is 0 Å². The SMILES string of the molecule is O=C(Cn1c(CCCl)nc2ccccc21)N1CCCC1. The lowest BCUT2D eigenvalue weighted by Gasteiger charge is -2.17. The molecule has 0 N–H and O–H groups in total. The summed E-state index contributed by atoms with van der Waals surface area (Å²) >= 11 is 5.85. The fraction of sp³-hybridized carbons (Fsp3) is 0.467. The van der Waals surface area contributed by atoms with Crippen molar-refractivity contribution in [3.8, 4) is 0 Å². The van der Waals surface area contributed by atoms with Gasteiger partial charge in [-0.1, -0.05) is 12.1 Å². The molecule has 0 saturated carbocycles. The van der Waals surface area contributed by atoms with Gasteiger partial charge in [0.2, 0.25) is 5.91 Å². The smallest absolute Gasteiger partial charge is 0.242 e. The predicted octanol–water partition coefficient (Wildman–Crippen LogP) is 2.44. The summed E-state index contributed by atoms with van der Waals surface area (Å²) < 4.78 is 2.01. The van der Waals surface area contributed by atoms with Gasteiger partial charge in [0.05, 0.1) is 11.0 Å². The number of hydrogen-bond acceptors (Lipinski definition) is 2. The Kier molecular flexibility index (Phi) is 3.92. The van der Waals surface area contributed by atoms with Crippen molar-refractivity contribution in [2.24, 2.45) is 0 Å². The van der Waals surface area contributed by atoms with Crippen LogP contribution in [0.2, 0.25) is 0 Å². The van der Waals surface area contributed by atoms with Crippen molar-refractivity contribution >= 4 is 28.5 Å². The molecule has 5 heteroatoms. The number of aromatic nitrogens is 2. The molecule has 1 aliphatic rings. The van der Waals surface area contributed by atoms with Crippen LogP contribution in [0.5, 0.6) is 0 Å². The molecule has 1 aromatic carbocycles. The zero-order chi connectivity index (χ0) is 13.9. The molecule has 1 aromatic heterocycles. The van der Waals surface area contributed by atoms with Gasteiger partial charge >= 0.3 is 0 Å². The largest absolute Gasteiger partial charge is 0.341 e. The molecule has 1 saturated heterocycles. The molecule has 20 heavy (non-hydrogen) atoms. The molecule has 0 spiro atoms. The van der Waals surface area contributed by atoms with E-state index >= 15 is 0 Å². The van der Waals surface area contributed by atoms with E-state index < -0.39 is 0 Å². The van der Waals surface area contributed by atoms with Crippen molar-refractivity contribution < 1.29 is 4.79 Å². The Morgan fingerprint density at radius 2 is 2.00 bits per heavy atom. The minimum absolute atomic E-state index is 0.182. The van der Waals surface area contributed by atoms with Gasteiger partial charge in [-0.15, -0.1) is 11.6 Å². The number of halogens is 1. The number of aryl methyl sites for hydroxylation is 1. The van der Waals surface area contributed by atoms with E-state index in [9.17, 15) is 4.79 Å². The molecule has 2 heterocycles. The van der Waals surface area contributed by atoms with Gasteiger partial charge in [0.15, 0.2) is 0 Å². The topological polar surface area (TPSA) is 38.1 Å². The van der Waals surface area contributed by atoms with E-state index in [0.717, 1.165) is 42.8 Å². The van der Waals surface area contributed by atoms with Crippen LogP contribution in [0.25, 0.3) is 11.0 Å². The average molecular weight is 292 g/mol. The van der Waals surface area contributed by atoms with Crippen LogP contribution in [0, 0.1) is 0 Å². The van der Waals surface area contributed by atoms with E-state index in [4.69, 9.17) is 11.6 Å². The number of para-hydroxylation sites is 2. The Morgan fingerprint density at radius 1 is 1.25 bits per heavy atom. The highest BCUT2D eigenvalue weighted by Crippen LogP contribution is 2.18. The lowest BCUT2D eigenvalue weighted by Crippen LogP contribution is -2.31. The van der Waals surface area contributed by atoms with Gasteiger partial charge in [0.25, 0.3) is 0 Å². The van der Waals surface area contributed by atoms with Gasteiger partial charge in [-0.25, -0.2) is 4.98 Å². The van der Waals surface area contributed by atoms with Crippen LogP contribution in [0.4, 0.5) is 0 Å². The standard InChI is InChI=1S/C15H18ClN3O/c16-8-7-14-17-12-5-1-2-6-13(12)19(14)11-15(20)18-9-3-4-10-18/h1-2,5-6H,3-4,7-11H2. The third kappa shape index (κ3) is 2.52. The molecule has 0 bridgehead atoms. The van der Waals surface area contributed by atoms with Crippen LogP contribution in [0.3, 0.4) is 0 Å². The Hall–Kier alpha value is -1.55. The third-order valence-corrected chi connectivity index (χ3v) is 3.99. The Balaban J connectivity index is 1.91. The van der Waals surface area contributed by atoms with Crippen LogP contribution < -0.4 is 0 Å². The van der Waals surface area contributed by atoms with E-state index in [0.29, 0.717) is 18.8 Å². The maximum atomic E-state index is 12.4. The number of alkyl halides is 1. The Morgan fingerprint density at radius 3 is 2.75 bits per heavy atom. The summed E-state index contributed by atoms with van der Waals surface area (Å²) in [5.74, 6) is 1.59. The van der Waals surface area contributed by atoms with Crippen molar-refractivity contribution in [2.45, 2.75) is 25.8 Å². The lowest BCUT2D eigenvalue weighted by atomic mass is 10.3. The fourth-order valence-corrected chi connectivity index (χ4v) is 2.95. The molecular formula is C15H18ClN3O. The highest BCUT2D eigenvalue weighted by atomic mass is 35.5. The Bertz CT molecular complexity index is 617. The molecule has 0 atom stereocenters. The fourth-order valence-electron chi connectivity index (χ4n) is 2.78. The number of amides is 1. The second-order valence-corrected chi connectivity index (χ2v) is 5.51. The highest BCUT2D eigenvalue weighted by Gasteiger charge is 2.20. The zero-order valence-corrected chi connectivity index (χ0v) is 12.1. The monoisotopic (exact) mass is 291 g/mol. The van der Waals surface area contributed by atoms with E-state index in [1.54, 1.807) is 0 Å². The van der Waals surface area contributed by atoms with Crippen molar-refractivity contribution in [1.29, 1.82) is 0 Å². The minimum Gasteiger partial charge on any atom is -0.341 e. The van der Waals surface area contributed by atoms with E-state index in [2.05, 4.69) is 4.98 Å². The van der Waals surface area contributed by atoms with Crippen molar-refractivity contribution in [2.75, 3.05) is 19.0 Å². The summed E-state index contributed by atoms with van der Waals surface area (Å²) in [5.41, 5.74) is 1.95. The minimum atomic E-state index is 0.182. The maximum absolute atomic E-state index is 12.4. The van der Waals surface area contributed by atoms with Gasteiger partial charge < -0.3 is 9.47 Å². The van der Waals surface area contributed by atoms with Crippen LogP contribution in [-0.2, 0) is 17.8 Å². The molecule has 2 aromatic rings. The third-order valence-electron chi connectivity index (χ3n) is 3.80. The number of carbonyl (C=O) groups excluding carboxylic acids is 1. The average Bonchev–Trinajstić information content (AvgIpc) is 3.08. The van der Waals surface area contributed by atoms with Crippen LogP contribution in [0.1, 0.15) is 18.7 Å².